The first-order chi connectivity index (χ1) is 8.45. The zero-order chi connectivity index (χ0) is 13.3. The third-order valence-corrected chi connectivity index (χ3v) is 2.48. The van der Waals surface area contributed by atoms with Gasteiger partial charge in [-0.1, -0.05) is 12.1 Å². The van der Waals surface area contributed by atoms with Gasteiger partial charge in [-0.25, -0.2) is 0 Å². The number of rotatable bonds is 2. The van der Waals surface area contributed by atoms with Crippen molar-refractivity contribution in [3.05, 3.63) is 30.0 Å². The van der Waals surface area contributed by atoms with E-state index in [0.29, 0.717) is 5.56 Å². The molecule has 2 rings (SSSR count). The summed E-state index contributed by atoms with van der Waals surface area (Å²) in [6, 6.07) is 3.75. The molecule has 0 aliphatic rings. The van der Waals surface area contributed by atoms with Gasteiger partial charge in [0.05, 0.1) is 18.9 Å². The van der Waals surface area contributed by atoms with Gasteiger partial charge in [0.15, 0.2) is 0 Å². The molecule has 0 saturated carbocycles. The molecular formula is C11H10F3N3O. The fourth-order valence-electron chi connectivity index (χ4n) is 1.70. The maximum Gasteiger partial charge on any atom is 0.419 e. The van der Waals surface area contributed by atoms with E-state index in [1.54, 1.807) is 0 Å². The summed E-state index contributed by atoms with van der Waals surface area (Å²) in [6.07, 6.45) is -3.13. The average molecular weight is 257 g/mol. The Labute approximate surface area is 101 Å². The molecule has 0 bridgehead atoms. The number of aromatic nitrogens is 2. The Bertz CT molecular complexity index is 563. The van der Waals surface area contributed by atoms with Crippen molar-refractivity contribution in [1.82, 2.24) is 10.2 Å². The van der Waals surface area contributed by atoms with Crippen LogP contribution in [-0.4, -0.2) is 17.3 Å². The largest absolute Gasteiger partial charge is 0.495 e. The summed E-state index contributed by atoms with van der Waals surface area (Å²) in [6.45, 7) is 0. The predicted octanol–water partition coefficient (Wildman–Crippen LogP) is 2.69. The molecule has 4 nitrogen and oxygen atoms in total. The summed E-state index contributed by atoms with van der Waals surface area (Å²) in [7, 11) is 1.18. The maximum atomic E-state index is 12.8. The maximum absolute atomic E-state index is 12.8. The number of nitrogens with zero attached hydrogens (tertiary/aromatic N) is 1. The van der Waals surface area contributed by atoms with Gasteiger partial charge in [0.1, 0.15) is 11.6 Å². The van der Waals surface area contributed by atoms with Crippen LogP contribution in [0.25, 0.3) is 11.1 Å². The minimum absolute atomic E-state index is 0.188. The lowest BCUT2D eigenvalue weighted by Gasteiger charge is -2.15. The van der Waals surface area contributed by atoms with Crippen molar-refractivity contribution in [3.63, 3.8) is 0 Å². The van der Waals surface area contributed by atoms with E-state index >= 15 is 0 Å². The van der Waals surface area contributed by atoms with Crippen LogP contribution in [0, 0.1) is 0 Å². The molecule has 1 aromatic heterocycles. The highest BCUT2D eigenvalue weighted by Gasteiger charge is 2.35. The molecule has 0 aliphatic heterocycles. The monoisotopic (exact) mass is 257 g/mol. The SMILES string of the molecule is COc1c(-c2cn[nH]c2N)cccc1C(F)(F)F. The summed E-state index contributed by atoms with van der Waals surface area (Å²) < 4.78 is 43.3. The topological polar surface area (TPSA) is 63.9 Å². The summed E-state index contributed by atoms with van der Waals surface area (Å²) in [5.41, 5.74) is 5.38. The van der Waals surface area contributed by atoms with Crippen molar-refractivity contribution in [3.8, 4) is 16.9 Å². The number of nitrogens with one attached hydrogen (secondary N) is 1. The molecule has 0 atom stereocenters. The van der Waals surface area contributed by atoms with E-state index in [1.807, 2.05) is 0 Å². The van der Waals surface area contributed by atoms with Crippen molar-refractivity contribution in [2.24, 2.45) is 0 Å². The van der Waals surface area contributed by atoms with Crippen LogP contribution in [0.1, 0.15) is 5.56 Å². The number of ether oxygens (including phenoxy) is 1. The van der Waals surface area contributed by atoms with Gasteiger partial charge in [0.2, 0.25) is 0 Å². The van der Waals surface area contributed by atoms with E-state index in [2.05, 4.69) is 10.2 Å². The van der Waals surface area contributed by atoms with E-state index in [-0.39, 0.29) is 17.1 Å². The number of para-hydroxylation sites is 1. The van der Waals surface area contributed by atoms with Gasteiger partial charge in [0.25, 0.3) is 0 Å². The van der Waals surface area contributed by atoms with Crippen LogP contribution in [0.5, 0.6) is 5.75 Å². The number of alkyl halides is 3. The molecule has 0 aliphatic carbocycles. The number of aromatic amines is 1. The lowest BCUT2D eigenvalue weighted by molar-refractivity contribution is -0.138. The summed E-state index contributed by atoms with van der Waals surface area (Å²) in [5.74, 6) is -0.0780. The number of H-pyrrole nitrogens is 1. The lowest BCUT2D eigenvalue weighted by atomic mass is 10.0. The summed E-state index contributed by atoms with van der Waals surface area (Å²) in [5, 5.41) is 6.15. The van der Waals surface area contributed by atoms with Crippen molar-refractivity contribution in [1.29, 1.82) is 0 Å². The van der Waals surface area contributed by atoms with Crippen molar-refractivity contribution >= 4 is 5.82 Å². The quantitative estimate of drug-likeness (QED) is 0.869. The Kier molecular flexibility index (Phi) is 2.90. The molecule has 1 heterocycles. The molecule has 3 N–H and O–H groups in total. The number of hydrogen-bond donors (Lipinski definition) is 2. The molecule has 18 heavy (non-hydrogen) atoms. The molecule has 0 saturated heterocycles. The van der Waals surface area contributed by atoms with E-state index in [1.165, 1.54) is 25.4 Å². The van der Waals surface area contributed by atoms with Crippen molar-refractivity contribution in [2.75, 3.05) is 12.8 Å². The number of nitrogen functional groups attached to an aromatic ring is 1. The predicted molar refractivity (Wildman–Crippen MR) is 60.0 cm³/mol. The van der Waals surface area contributed by atoms with Gasteiger partial charge in [-0.05, 0) is 6.07 Å². The van der Waals surface area contributed by atoms with Crippen LogP contribution < -0.4 is 10.5 Å². The van der Waals surface area contributed by atoms with Crippen LogP contribution in [0.2, 0.25) is 0 Å². The third-order valence-electron chi connectivity index (χ3n) is 2.48. The highest BCUT2D eigenvalue weighted by atomic mass is 19.4. The van der Waals surface area contributed by atoms with Crippen molar-refractivity contribution in [2.45, 2.75) is 6.18 Å². The number of benzene rings is 1. The number of anilines is 1. The van der Waals surface area contributed by atoms with Gasteiger partial charge in [-0.3, -0.25) is 5.10 Å². The minimum atomic E-state index is -4.49. The number of nitrogens with two attached hydrogens (primary N) is 1. The molecule has 0 spiro atoms. The summed E-state index contributed by atoms with van der Waals surface area (Å²) >= 11 is 0. The standard InChI is InChI=1S/C11H10F3N3O/c1-18-9-6(7-5-16-17-10(7)15)3-2-4-8(9)11(12,13)14/h2-5H,1H3,(H3,15,16,17). The highest BCUT2D eigenvalue weighted by Crippen LogP contribution is 2.42. The molecule has 7 heteroatoms. The molecule has 0 amide bonds. The molecular weight excluding hydrogens is 247 g/mol. The Morgan fingerprint density at radius 1 is 1.28 bits per heavy atom. The second-order valence-corrected chi connectivity index (χ2v) is 3.58. The van der Waals surface area contributed by atoms with E-state index in [0.717, 1.165) is 6.07 Å². The normalized spacial score (nSPS) is 11.6. The van der Waals surface area contributed by atoms with Crippen LogP contribution in [-0.2, 0) is 6.18 Å². The highest BCUT2D eigenvalue weighted by molar-refractivity contribution is 5.79. The van der Waals surface area contributed by atoms with Crippen LogP contribution in [0.15, 0.2) is 24.4 Å². The smallest absolute Gasteiger partial charge is 0.419 e. The second kappa shape index (κ2) is 4.25. The molecule has 0 fully saturated rings. The molecule has 2 aromatic rings. The summed E-state index contributed by atoms with van der Waals surface area (Å²) in [4.78, 5) is 0. The Hall–Kier alpha value is -2.18. The van der Waals surface area contributed by atoms with Crippen LogP contribution >= 0.6 is 0 Å². The van der Waals surface area contributed by atoms with Gasteiger partial charge >= 0.3 is 6.18 Å². The first kappa shape index (κ1) is 12.3. The zero-order valence-electron chi connectivity index (χ0n) is 9.38. The fraction of sp³-hybridized carbons (Fsp3) is 0.182. The second-order valence-electron chi connectivity index (χ2n) is 3.58. The molecule has 1 aromatic carbocycles. The van der Waals surface area contributed by atoms with Gasteiger partial charge in [0, 0.05) is 11.1 Å². The lowest BCUT2D eigenvalue weighted by Crippen LogP contribution is -2.08. The fourth-order valence-corrected chi connectivity index (χ4v) is 1.70. The Morgan fingerprint density at radius 3 is 2.50 bits per heavy atom. The van der Waals surface area contributed by atoms with E-state index in [9.17, 15) is 13.2 Å². The van der Waals surface area contributed by atoms with Crippen LogP contribution in [0.3, 0.4) is 0 Å². The third kappa shape index (κ3) is 1.99. The zero-order valence-corrected chi connectivity index (χ0v) is 9.38. The minimum Gasteiger partial charge on any atom is -0.495 e. The first-order valence-corrected chi connectivity index (χ1v) is 4.98. The van der Waals surface area contributed by atoms with Gasteiger partial charge in [-0.2, -0.15) is 18.3 Å². The van der Waals surface area contributed by atoms with E-state index in [4.69, 9.17) is 10.5 Å². The van der Waals surface area contributed by atoms with Gasteiger partial charge < -0.3 is 10.5 Å². The van der Waals surface area contributed by atoms with Gasteiger partial charge in [-0.15, -0.1) is 0 Å². The Morgan fingerprint density at radius 2 is 2.00 bits per heavy atom. The van der Waals surface area contributed by atoms with Crippen LogP contribution in [0.4, 0.5) is 19.0 Å². The molecule has 0 unspecified atom stereocenters. The molecule has 0 radical (unpaired) electrons. The van der Waals surface area contributed by atoms with Crippen molar-refractivity contribution < 1.29 is 17.9 Å². The number of halogens is 3. The van der Waals surface area contributed by atoms with E-state index < -0.39 is 11.7 Å². The Balaban J connectivity index is 2.67. The number of hydrogen-bond acceptors (Lipinski definition) is 3. The average Bonchev–Trinajstić information content (AvgIpc) is 2.73. The first-order valence-electron chi connectivity index (χ1n) is 4.98. The molecule has 96 valence electrons. The number of methoxy groups -OCH3 is 1.